The van der Waals surface area contributed by atoms with E-state index >= 15 is 0 Å². The van der Waals surface area contributed by atoms with E-state index in [9.17, 15) is 9.59 Å². The highest BCUT2D eigenvalue weighted by Gasteiger charge is 2.21. The Kier molecular flexibility index (Phi) is 6.89. The van der Waals surface area contributed by atoms with E-state index in [0.29, 0.717) is 28.0 Å². The minimum Gasteiger partial charge on any atom is -0.466 e. The fraction of sp³-hybridized carbons (Fsp3) is 0.0714. The molecule has 0 spiro atoms. The average molecular weight is 450 g/mol. The first-order chi connectivity index (χ1) is 16.6. The number of hydrogen-bond donors (Lipinski definition) is 0. The van der Waals surface area contributed by atoms with Gasteiger partial charge in [0.15, 0.2) is 0 Å². The molecule has 0 fully saturated rings. The Morgan fingerprint density at radius 1 is 0.735 bits per heavy atom. The van der Waals surface area contributed by atoms with Crippen LogP contribution in [-0.2, 0) is 19.1 Å². The molecule has 0 saturated heterocycles. The molecule has 1 heterocycles. The summed E-state index contributed by atoms with van der Waals surface area (Å²) in [5.41, 5.74) is 4.73. The lowest BCUT2D eigenvalue weighted by molar-refractivity contribution is -0.138. The highest BCUT2D eigenvalue weighted by Crippen LogP contribution is 2.31. The molecule has 0 amide bonds. The van der Waals surface area contributed by atoms with Crippen molar-refractivity contribution in [1.29, 1.82) is 0 Å². The summed E-state index contributed by atoms with van der Waals surface area (Å²) in [4.78, 5) is 34.6. The molecule has 34 heavy (non-hydrogen) atoms. The van der Waals surface area contributed by atoms with Gasteiger partial charge in [-0.05, 0) is 29.3 Å². The number of para-hydroxylation sites is 2. The molecule has 3 aromatic carbocycles. The number of esters is 2. The molecule has 0 aliphatic rings. The van der Waals surface area contributed by atoms with Crippen LogP contribution < -0.4 is 0 Å². The SMILES string of the molecule is COC(=O)/C=C(C(=O)OC)/C(=C/c1nc2ccccc2nc1-c1ccccc1)c1ccccc1. The Balaban J connectivity index is 2.03. The second-order valence-corrected chi connectivity index (χ2v) is 7.31. The van der Waals surface area contributed by atoms with Gasteiger partial charge in [0.05, 0.1) is 42.2 Å². The second-order valence-electron chi connectivity index (χ2n) is 7.31. The summed E-state index contributed by atoms with van der Waals surface area (Å²) in [7, 11) is 2.52. The number of methoxy groups -OCH3 is 2. The Hall–Kier alpha value is -4.58. The van der Waals surface area contributed by atoms with Gasteiger partial charge < -0.3 is 9.47 Å². The van der Waals surface area contributed by atoms with Crippen LogP contribution in [0.15, 0.2) is 96.6 Å². The van der Waals surface area contributed by atoms with Gasteiger partial charge in [-0.1, -0.05) is 72.8 Å². The van der Waals surface area contributed by atoms with Gasteiger partial charge in [-0.25, -0.2) is 19.6 Å². The molecule has 168 valence electrons. The van der Waals surface area contributed by atoms with Crippen LogP contribution in [0.4, 0.5) is 0 Å². The van der Waals surface area contributed by atoms with Crippen LogP contribution in [0.3, 0.4) is 0 Å². The number of aromatic nitrogens is 2. The zero-order chi connectivity index (χ0) is 23.9. The third-order valence-corrected chi connectivity index (χ3v) is 5.17. The summed E-state index contributed by atoms with van der Waals surface area (Å²) < 4.78 is 9.78. The van der Waals surface area contributed by atoms with E-state index in [0.717, 1.165) is 17.2 Å². The zero-order valence-corrected chi connectivity index (χ0v) is 18.8. The van der Waals surface area contributed by atoms with Crippen LogP contribution in [0.25, 0.3) is 33.9 Å². The maximum Gasteiger partial charge on any atom is 0.338 e. The van der Waals surface area contributed by atoms with Gasteiger partial charge in [0.25, 0.3) is 0 Å². The lowest BCUT2D eigenvalue weighted by Gasteiger charge is -2.13. The van der Waals surface area contributed by atoms with Crippen molar-refractivity contribution in [3.05, 3.63) is 108 Å². The molecular formula is C28H22N2O4. The summed E-state index contributed by atoms with van der Waals surface area (Å²) in [6.07, 6.45) is 2.88. The van der Waals surface area contributed by atoms with Crippen LogP contribution in [0.5, 0.6) is 0 Å². The monoisotopic (exact) mass is 450 g/mol. The molecule has 1 aromatic heterocycles. The number of rotatable bonds is 6. The number of carbonyl (C=O) groups excluding carboxylic acids is 2. The quantitative estimate of drug-likeness (QED) is 0.231. The molecule has 6 nitrogen and oxygen atoms in total. The Labute approximate surface area is 197 Å². The van der Waals surface area contributed by atoms with E-state index in [2.05, 4.69) is 0 Å². The lowest BCUT2D eigenvalue weighted by Crippen LogP contribution is -2.10. The minimum absolute atomic E-state index is 0.0505. The summed E-state index contributed by atoms with van der Waals surface area (Å²) in [5, 5.41) is 0. The normalized spacial score (nSPS) is 11.8. The van der Waals surface area contributed by atoms with Crippen molar-refractivity contribution in [2.45, 2.75) is 0 Å². The highest BCUT2D eigenvalue weighted by molar-refractivity contribution is 6.13. The summed E-state index contributed by atoms with van der Waals surface area (Å²) >= 11 is 0. The summed E-state index contributed by atoms with van der Waals surface area (Å²) in [6.45, 7) is 0. The molecule has 0 radical (unpaired) electrons. The number of carbonyl (C=O) groups is 2. The first-order valence-electron chi connectivity index (χ1n) is 10.6. The van der Waals surface area contributed by atoms with Gasteiger partial charge in [0, 0.05) is 11.6 Å². The molecule has 4 rings (SSSR count). The maximum atomic E-state index is 12.8. The topological polar surface area (TPSA) is 78.4 Å². The predicted molar refractivity (Wildman–Crippen MR) is 131 cm³/mol. The molecule has 6 heteroatoms. The molecule has 0 aliphatic carbocycles. The molecule has 0 bridgehead atoms. The molecule has 0 aliphatic heterocycles. The van der Waals surface area contributed by atoms with E-state index in [1.54, 1.807) is 6.08 Å². The Bertz CT molecular complexity index is 1390. The minimum atomic E-state index is -0.671. The summed E-state index contributed by atoms with van der Waals surface area (Å²) in [5.74, 6) is -1.34. The maximum absolute atomic E-state index is 12.8. The number of benzene rings is 3. The second kappa shape index (κ2) is 10.4. The molecule has 0 atom stereocenters. The Morgan fingerprint density at radius 2 is 1.32 bits per heavy atom. The molecular weight excluding hydrogens is 428 g/mol. The number of fused-ring (bicyclic) bond motifs is 1. The molecule has 0 saturated carbocycles. The Morgan fingerprint density at radius 3 is 1.94 bits per heavy atom. The van der Waals surface area contributed by atoms with Crippen LogP contribution >= 0.6 is 0 Å². The van der Waals surface area contributed by atoms with Crippen LogP contribution in [0.1, 0.15) is 11.3 Å². The van der Waals surface area contributed by atoms with E-state index in [-0.39, 0.29) is 5.57 Å². The van der Waals surface area contributed by atoms with Gasteiger partial charge >= 0.3 is 11.9 Å². The molecule has 0 N–H and O–H groups in total. The van der Waals surface area contributed by atoms with Crippen LogP contribution in [0, 0.1) is 0 Å². The van der Waals surface area contributed by atoms with Crippen molar-refractivity contribution in [3.63, 3.8) is 0 Å². The number of ether oxygens (including phenoxy) is 2. The van der Waals surface area contributed by atoms with Gasteiger partial charge in [0.2, 0.25) is 0 Å². The van der Waals surface area contributed by atoms with Crippen LogP contribution in [-0.4, -0.2) is 36.1 Å². The van der Waals surface area contributed by atoms with Crippen molar-refractivity contribution in [2.75, 3.05) is 14.2 Å². The first-order valence-corrected chi connectivity index (χ1v) is 10.6. The van der Waals surface area contributed by atoms with Gasteiger partial charge in [0.1, 0.15) is 0 Å². The van der Waals surface area contributed by atoms with Gasteiger partial charge in [-0.2, -0.15) is 0 Å². The van der Waals surface area contributed by atoms with Crippen molar-refractivity contribution in [2.24, 2.45) is 0 Å². The summed E-state index contributed by atoms with van der Waals surface area (Å²) in [6, 6.07) is 26.5. The van der Waals surface area contributed by atoms with Crippen LogP contribution in [0.2, 0.25) is 0 Å². The predicted octanol–water partition coefficient (Wildman–Crippen LogP) is 5.11. The van der Waals surface area contributed by atoms with E-state index < -0.39 is 11.9 Å². The fourth-order valence-corrected chi connectivity index (χ4v) is 3.53. The average Bonchev–Trinajstić information content (AvgIpc) is 2.90. The van der Waals surface area contributed by atoms with E-state index in [1.165, 1.54) is 14.2 Å². The van der Waals surface area contributed by atoms with Crippen molar-refractivity contribution >= 4 is 34.6 Å². The fourth-order valence-electron chi connectivity index (χ4n) is 3.53. The van der Waals surface area contributed by atoms with Gasteiger partial charge in [-0.3, -0.25) is 0 Å². The smallest absolute Gasteiger partial charge is 0.338 e. The standard InChI is InChI=1S/C28H22N2O4/c1-33-26(31)18-22(28(32)34-2)21(19-11-5-3-6-12-19)17-25-27(20-13-7-4-8-14-20)30-24-16-10-9-15-23(24)29-25/h3-18H,1-2H3/b21-17+,22-18-. The molecule has 0 unspecified atom stereocenters. The van der Waals surface area contributed by atoms with E-state index in [1.807, 2.05) is 84.9 Å². The van der Waals surface area contributed by atoms with Crippen molar-refractivity contribution in [3.8, 4) is 11.3 Å². The van der Waals surface area contributed by atoms with Crippen molar-refractivity contribution < 1.29 is 19.1 Å². The third-order valence-electron chi connectivity index (χ3n) is 5.17. The third kappa shape index (κ3) is 4.91. The van der Waals surface area contributed by atoms with Gasteiger partial charge in [-0.15, -0.1) is 0 Å². The zero-order valence-electron chi connectivity index (χ0n) is 18.8. The van der Waals surface area contributed by atoms with Crippen molar-refractivity contribution in [1.82, 2.24) is 9.97 Å². The highest BCUT2D eigenvalue weighted by atomic mass is 16.5. The largest absolute Gasteiger partial charge is 0.466 e. The lowest BCUT2D eigenvalue weighted by atomic mass is 9.95. The van der Waals surface area contributed by atoms with E-state index in [4.69, 9.17) is 19.4 Å². The molecule has 4 aromatic rings. The first kappa shape index (κ1) is 22.6. The number of hydrogen-bond acceptors (Lipinski definition) is 6. The number of nitrogens with zero attached hydrogens (tertiary/aromatic N) is 2.